The monoisotopic (exact) mass is 418 g/mol. The van der Waals surface area contributed by atoms with Gasteiger partial charge in [-0.2, -0.15) is 10.2 Å². The summed E-state index contributed by atoms with van der Waals surface area (Å²) in [5.74, 6) is -0.390. The lowest BCUT2D eigenvalue weighted by molar-refractivity contribution is -0.116. The quantitative estimate of drug-likeness (QED) is 0.473. The van der Waals surface area contributed by atoms with Crippen LogP contribution in [-0.4, -0.2) is 38.8 Å². The van der Waals surface area contributed by atoms with Gasteiger partial charge in [-0.05, 0) is 23.6 Å². The second-order valence-electron chi connectivity index (χ2n) is 6.94. The maximum absolute atomic E-state index is 12.4. The largest absolute Gasteiger partial charge is 0.354 e. The number of hydrogen-bond acceptors (Lipinski definition) is 5. The predicted octanol–water partition coefficient (Wildman–Crippen LogP) is 3.16. The van der Waals surface area contributed by atoms with Crippen LogP contribution in [0.15, 0.2) is 54.0 Å². The average molecular weight is 418 g/mol. The summed E-state index contributed by atoms with van der Waals surface area (Å²) in [5.41, 5.74) is 3.62. The number of nitrogens with zero attached hydrogens (tertiary/aromatic N) is 3. The topological polar surface area (TPSA) is 105 Å². The van der Waals surface area contributed by atoms with E-state index in [0.29, 0.717) is 17.1 Å². The highest BCUT2D eigenvalue weighted by Gasteiger charge is 2.36. The van der Waals surface area contributed by atoms with Gasteiger partial charge in [0.1, 0.15) is 11.4 Å². The van der Waals surface area contributed by atoms with Gasteiger partial charge in [0.05, 0.1) is 10.6 Å². The zero-order chi connectivity index (χ0) is 20.7. The SMILES string of the molecule is CNC(=O)c1[nH]nc2c1C(c1cn(-c3ccccc3)nc1-c1cccs1)CC(=O)N2. The lowest BCUT2D eigenvalue weighted by Gasteiger charge is -2.22. The molecule has 150 valence electrons. The summed E-state index contributed by atoms with van der Waals surface area (Å²) in [6.07, 6.45) is 2.15. The smallest absolute Gasteiger partial charge is 0.269 e. The van der Waals surface area contributed by atoms with E-state index in [1.807, 2.05) is 58.7 Å². The van der Waals surface area contributed by atoms with Crippen molar-refractivity contribution in [2.75, 3.05) is 12.4 Å². The number of thiophene rings is 1. The molecule has 1 aliphatic heterocycles. The fourth-order valence-electron chi connectivity index (χ4n) is 3.78. The van der Waals surface area contributed by atoms with Gasteiger partial charge in [-0.15, -0.1) is 11.3 Å². The maximum atomic E-state index is 12.4. The normalized spacial score (nSPS) is 15.5. The van der Waals surface area contributed by atoms with Gasteiger partial charge in [-0.25, -0.2) is 4.68 Å². The molecule has 2 amide bonds. The molecular weight excluding hydrogens is 400 g/mol. The third-order valence-corrected chi connectivity index (χ3v) is 6.02. The van der Waals surface area contributed by atoms with Crippen LogP contribution in [0.25, 0.3) is 16.3 Å². The van der Waals surface area contributed by atoms with Crippen molar-refractivity contribution in [2.45, 2.75) is 12.3 Å². The second kappa shape index (κ2) is 7.27. The molecule has 8 nitrogen and oxygen atoms in total. The highest BCUT2D eigenvalue weighted by Crippen LogP contribution is 2.42. The first-order valence-electron chi connectivity index (χ1n) is 9.44. The molecule has 0 fully saturated rings. The Morgan fingerprint density at radius 3 is 2.80 bits per heavy atom. The number of amides is 2. The Labute approximate surface area is 175 Å². The number of anilines is 1. The molecule has 4 aromatic rings. The summed E-state index contributed by atoms with van der Waals surface area (Å²) in [4.78, 5) is 25.9. The van der Waals surface area contributed by atoms with Crippen LogP contribution in [0.5, 0.6) is 0 Å². The Morgan fingerprint density at radius 2 is 2.07 bits per heavy atom. The highest BCUT2D eigenvalue weighted by atomic mass is 32.1. The number of aromatic nitrogens is 4. The number of carbonyl (C=O) groups excluding carboxylic acids is 2. The van der Waals surface area contributed by atoms with Gasteiger partial charge in [-0.1, -0.05) is 24.3 Å². The Balaban J connectivity index is 1.71. The summed E-state index contributed by atoms with van der Waals surface area (Å²) < 4.78 is 1.82. The number of H-pyrrole nitrogens is 1. The predicted molar refractivity (Wildman–Crippen MR) is 114 cm³/mol. The van der Waals surface area contributed by atoms with Crippen LogP contribution in [0.1, 0.15) is 34.0 Å². The standard InChI is InChI=1S/C21H18N6O2S/c1-22-21(29)19-17-13(10-16(28)23-20(17)25-24-19)14-11-27(12-6-3-2-4-7-12)26-18(14)15-8-5-9-30-15/h2-9,11,13H,10H2,1H3,(H,22,29)(H2,23,24,25,28). The molecule has 1 unspecified atom stereocenters. The van der Waals surface area contributed by atoms with Crippen LogP contribution in [0.3, 0.4) is 0 Å². The van der Waals surface area contributed by atoms with Crippen molar-refractivity contribution in [1.82, 2.24) is 25.3 Å². The van der Waals surface area contributed by atoms with Crippen LogP contribution in [0.4, 0.5) is 5.82 Å². The number of nitrogens with one attached hydrogen (secondary N) is 3. The number of benzene rings is 1. The molecule has 4 heterocycles. The Kier molecular flexibility index (Phi) is 4.44. The molecule has 30 heavy (non-hydrogen) atoms. The average Bonchev–Trinajstić information content (AvgIpc) is 3.51. The van der Waals surface area contributed by atoms with E-state index in [-0.39, 0.29) is 24.2 Å². The van der Waals surface area contributed by atoms with Gasteiger partial charge in [0.2, 0.25) is 5.91 Å². The van der Waals surface area contributed by atoms with Gasteiger partial charge in [-0.3, -0.25) is 14.7 Å². The van der Waals surface area contributed by atoms with Gasteiger partial charge in [0, 0.05) is 36.7 Å². The van der Waals surface area contributed by atoms with E-state index >= 15 is 0 Å². The van der Waals surface area contributed by atoms with Gasteiger partial charge in [0.15, 0.2) is 5.82 Å². The summed E-state index contributed by atoms with van der Waals surface area (Å²) in [5, 5.41) is 19.2. The fraction of sp³-hybridized carbons (Fsp3) is 0.143. The molecule has 9 heteroatoms. The molecule has 5 rings (SSSR count). The summed E-state index contributed by atoms with van der Waals surface area (Å²) in [6.45, 7) is 0. The van der Waals surface area contributed by atoms with Crippen molar-refractivity contribution in [1.29, 1.82) is 0 Å². The highest BCUT2D eigenvalue weighted by molar-refractivity contribution is 7.13. The number of aromatic amines is 1. The van der Waals surface area contributed by atoms with E-state index in [1.165, 1.54) is 0 Å². The van der Waals surface area contributed by atoms with Crippen molar-refractivity contribution >= 4 is 29.0 Å². The molecule has 0 spiro atoms. The Bertz CT molecular complexity index is 1230. The number of para-hydroxylation sites is 1. The molecule has 0 saturated carbocycles. The van der Waals surface area contributed by atoms with E-state index in [0.717, 1.165) is 21.8 Å². The first-order valence-corrected chi connectivity index (χ1v) is 10.3. The molecule has 3 aromatic heterocycles. The lowest BCUT2D eigenvalue weighted by atomic mass is 9.85. The van der Waals surface area contributed by atoms with Crippen molar-refractivity contribution in [2.24, 2.45) is 0 Å². The fourth-order valence-corrected chi connectivity index (χ4v) is 4.51. The Hall–Kier alpha value is -3.72. The zero-order valence-corrected chi connectivity index (χ0v) is 16.9. The van der Waals surface area contributed by atoms with Gasteiger partial charge in [0.25, 0.3) is 5.91 Å². The van der Waals surface area contributed by atoms with Crippen LogP contribution in [-0.2, 0) is 4.79 Å². The summed E-state index contributed by atoms with van der Waals surface area (Å²) in [6, 6.07) is 13.8. The van der Waals surface area contributed by atoms with Crippen LogP contribution in [0.2, 0.25) is 0 Å². The lowest BCUT2D eigenvalue weighted by Crippen LogP contribution is -2.26. The number of carbonyl (C=O) groups is 2. The first kappa shape index (κ1) is 18.3. The first-order chi connectivity index (χ1) is 14.7. The van der Waals surface area contributed by atoms with Gasteiger partial charge < -0.3 is 10.6 Å². The van der Waals surface area contributed by atoms with Gasteiger partial charge >= 0.3 is 0 Å². The van der Waals surface area contributed by atoms with Crippen LogP contribution in [0, 0.1) is 0 Å². The number of rotatable bonds is 4. The van der Waals surface area contributed by atoms with Crippen molar-refractivity contribution < 1.29 is 9.59 Å². The molecule has 3 N–H and O–H groups in total. The summed E-state index contributed by atoms with van der Waals surface area (Å²) >= 11 is 1.58. The third-order valence-electron chi connectivity index (χ3n) is 5.15. The van der Waals surface area contributed by atoms with Crippen LogP contribution < -0.4 is 10.6 Å². The van der Waals surface area contributed by atoms with Crippen molar-refractivity contribution in [3.05, 3.63) is 70.9 Å². The maximum Gasteiger partial charge on any atom is 0.269 e. The molecule has 0 aliphatic carbocycles. The van der Waals surface area contributed by atoms with E-state index < -0.39 is 0 Å². The Morgan fingerprint density at radius 1 is 1.23 bits per heavy atom. The van der Waals surface area contributed by atoms with E-state index in [9.17, 15) is 9.59 Å². The minimum absolute atomic E-state index is 0.146. The number of hydrogen-bond donors (Lipinski definition) is 3. The number of fused-ring (bicyclic) bond motifs is 1. The molecule has 1 aliphatic rings. The molecule has 1 aromatic carbocycles. The van der Waals surface area contributed by atoms with E-state index in [4.69, 9.17) is 5.10 Å². The molecule has 1 atom stereocenters. The molecule has 0 radical (unpaired) electrons. The summed E-state index contributed by atoms with van der Waals surface area (Å²) in [7, 11) is 1.57. The van der Waals surface area contributed by atoms with Crippen LogP contribution >= 0.6 is 11.3 Å². The van der Waals surface area contributed by atoms with Crippen molar-refractivity contribution in [3.8, 4) is 16.3 Å². The van der Waals surface area contributed by atoms with E-state index in [1.54, 1.807) is 18.4 Å². The third kappa shape index (κ3) is 3.00. The molecule has 0 bridgehead atoms. The van der Waals surface area contributed by atoms with E-state index in [2.05, 4.69) is 20.8 Å². The zero-order valence-electron chi connectivity index (χ0n) is 16.0. The minimum Gasteiger partial charge on any atom is -0.354 e. The minimum atomic E-state index is -0.352. The second-order valence-corrected chi connectivity index (χ2v) is 7.88. The van der Waals surface area contributed by atoms with Crippen molar-refractivity contribution in [3.63, 3.8) is 0 Å². The molecule has 0 saturated heterocycles. The molecular formula is C21H18N6O2S.